The van der Waals surface area contributed by atoms with Crippen molar-refractivity contribution in [2.24, 2.45) is 5.73 Å². The van der Waals surface area contributed by atoms with Crippen LogP contribution < -0.4 is 40.8 Å². The summed E-state index contributed by atoms with van der Waals surface area (Å²) >= 11 is 0. The lowest BCUT2D eigenvalue weighted by molar-refractivity contribution is -0.141. The minimum Gasteiger partial charge on any atom is -0.496 e. The van der Waals surface area contributed by atoms with Gasteiger partial charge < -0.3 is 43.9 Å². The van der Waals surface area contributed by atoms with Gasteiger partial charge in [0.25, 0.3) is 0 Å². The van der Waals surface area contributed by atoms with Gasteiger partial charge in [-0.15, -0.1) is 0 Å². The summed E-state index contributed by atoms with van der Waals surface area (Å²) in [6.07, 6.45) is 9.54. The zero-order chi connectivity index (χ0) is 32.3. The number of rotatable bonds is 7. The summed E-state index contributed by atoms with van der Waals surface area (Å²) in [7, 11) is 1.54. The summed E-state index contributed by atoms with van der Waals surface area (Å²) in [4.78, 5) is 32.0. The van der Waals surface area contributed by atoms with Crippen molar-refractivity contribution in [3.05, 3.63) is 59.1 Å². The molecule has 1 aliphatic carbocycles. The van der Waals surface area contributed by atoms with Crippen LogP contribution in [0.2, 0.25) is 0 Å². The summed E-state index contributed by atoms with van der Waals surface area (Å²) in [5.74, 6) is 0.335. The minimum absolute atomic E-state index is 0.0662. The zero-order valence-electron chi connectivity index (χ0n) is 25.6. The van der Waals surface area contributed by atoms with Gasteiger partial charge in [-0.3, -0.25) is 21.2 Å². The van der Waals surface area contributed by atoms with E-state index in [0.717, 1.165) is 0 Å². The largest absolute Gasteiger partial charge is 0.496 e. The van der Waals surface area contributed by atoms with Gasteiger partial charge in [0, 0.05) is 30.4 Å². The van der Waals surface area contributed by atoms with E-state index in [0.29, 0.717) is 59.3 Å². The standard InChI is InChI=1S/C31H37N7O8/c1-4-44-28(41)18-12-15(7-10-37-11-9-33-30(37)38-14-34-21-26(38)35-29(32)36-27(21)40)19-22(45-18)17(13-39)23-20(24(19)43-3)16-6-5-8-31(2,42)25(16)46-23/h5-7,9,11-12,16,21,25-26,29,34-35,39,42H,4,8,10,13-14,32H2,1-3H3,(H,36,40)/b15-7+/t16-,21+,25-,26+,29+,31+/m0/s1. The molecule has 7 N–H and O–H groups in total. The Hall–Kier alpha value is -4.41. The topological polar surface area (TPSA) is 195 Å². The first kappa shape index (κ1) is 30.3. The number of ether oxygens (including phenoxy) is 4. The Morgan fingerprint density at radius 1 is 1.35 bits per heavy atom. The molecule has 1 aromatic carbocycles. The molecule has 2 aromatic rings. The fourth-order valence-corrected chi connectivity index (χ4v) is 6.95. The Balaban J connectivity index is 1.32. The predicted octanol–water partition coefficient (Wildman–Crippen LogP) is -0.114. The van der Waals surface area contributed by atoms with Crippen LogP contribution in [0.4, 0.5) is 5.95 Å². The average molecular weight is 636 g/mol. The second kappa shape index (κ2) is 11.4. The quantitative estimate of drug-likeness (QED) is 0.174. The third-order valence-corrected chi connectivity index (χ3v) is 9.03. The number of carbonyl (C=O) groups excluding carboxylic acids is 2. The molecule has 4 aliphatic heterocycles. The molecule has 0 spiro atoms. The number of benzene rings is 1. The number of imidazole rings is 1. The Morgan fingerprint density at radius 3 is 2.93 bits per heavy atom. The van der Waals surface area contributed by atoms with Crippen LogP contribution in [0.25, 0.3) is 5.57 Å². The second-order valence-corrected chi connectivity index (χ2v) is 11.9. The number of fused-ring (bicyclic) bond motifs is 5. The van der Waals surface area contributed by atoms with Gasteiger partial charge in [-0.05, 0) is 31.9 Å². The number of amides is 1. The van der Waals surface area contributed by atoms with Crippen molar-refractivity contribution in [3.8, 4) is 17.2 Å². The Labute approximate surface area is 264 Å². The van der Waals surface area contributed by atoms with Crippen molar-refractivity contribution in [1.29, 1.82) is 0 Å². The zero-order valence-corrected chi connectivity index (χ0v) is 25.6. The van der Waals surface area contributed by atoms with E-state index < -0.39 is 42.8 Å². The molecule has 244 valence electrons. The molecule has 0 bridgehead atoms. The van der Waals surface area contributed by atoms with Gasteiger partial charge in [0.2, 0.25) is 17.6 Å². The molecule has 1 amide bonds. The van der Waals surface area contributed by atoms with E-state index in [1.807, 2.05) is 33.9 Å². The highest BCUT2D eigenvalue weighted by Crippen LogP contribution is 2.58. The van der Waals surface area contributed by atoms with E-state index >= 15 is 0 Å². The van der Waals surface area contributed by atoms with Gasteiger partial charge >= 0.3 is 5.97 Å². The van der Waals surface area contributed by atoms with Crippen molar-refractivity contribution in [2.45, 2.75) is 69.5 Å². The van der Waals surface area contributed by atoms with Gasteiger partial charge in [0.05, 0.1) is 38.1 Å². The van der Waals surface area contributed by atoms with Crippen molar-refractivity contribution in [2.75, 3.05) is 25.3 Å². The molecule has 0 saturated carbocycles. The number of aromatic nitrogens is 2. The average Bonchev–Trinajstić information content (AvgIpc) is 3.76. The Morgan fingerprint density at radius 2 is 2.17 bits per heavy atom. The normalized spacial score (nSPS) is 30.0. The maximum Gasteiger partial charge on any atom is 0.374 e. The SMILES string of the molecule is CCOC(=O)C1=C/C(=C\Cn2ccnc2N2CN[C@H]3C(=O)N[C@H](N)N[C@@H]32)c2c(c(CO)c3c(c2OC)[C@@H]2C=CC[C@@](C)(O)[C@H]2O3)O1. The van der Waals surface area contributed by atoms with Gasteiger partial charge in [0.1, 0.15) is 47.5 Å². The predicted molar refractivity (Wildman–Crippen MR) is 163 cm³/mol. The number of nitrogens with two attached hydrogens (primary N) is 1. The van der Waals surface area contributed by atoms with E-state index in [1.54, 1.807) is 26.1 Å². The van der Waals surface area contributed by atoms with E-state index in [1.165, 1.54) is 7.11 Å². The van der Waals surface area contributed by atoms with Gasteiger partial charge in [-0.2, -0.15) is 0 Å². The van der Waals surface area contributed by atoms with Crippen LogP contribution >= 0.6 is 0 Å². The first-order valence-electron chi connectivity index (χ1n) is 15.2. The molecule has 6 atom stereocenters. The number of nitrogens with zero attached hydrogens (tertiary/aromatic N) is 3. The molecule has 1 aromatic heterocycles. The maximum absolute atomic E-state index is 13.0. The van der Waals surface area contributed by atoms with Crippen LogP contribution in [0.15, 0.2) is 42.5 Å². The van der Waals surface area contributed by atoms with Crippen molar-refractivity contribution >= 4 is 23.4 Å². The smallest absolute Gasteiger partial charge is 0.374 e. The van der Waals surface area contributed by atoms with E-state index in [2.05, 4.69) is 20.9 Å². The fraction of sp³-hybridized carbons (Fsp3) is 0.452. The molecule has 2 saturated heterocycles. The highest BCUT2D eigenvalue weighted by molar-refractivity contribution is 5.96. The second-order valence-electron chi connectivity index (χ2n) is 11.9. The molecule has 15 heteroatoms. The summed E-state index contributed by atoms with van der Waals surface area (Å²) in [6, 6.07) is -0.510. The molecule has 0 unspecified atom stereocenters. The molecular weight excluding hydrogens is 598 g/mol. The Bertz CT molecular complexity index is 1680. The summed E-state index contributed by atoms with van der Waals surface area (Å²) in [5, 5.41) is 30.9. The molecule has 5 aliphatic rings. The lowest BCUT2D eigenvalue weighted by Crippen LogP contribution is -2.70. The summed E-state index contributed by atoms with van der Waals surface area (Å²) in [6.45, 7) is 3.76. The molecule has 7 rings (SSSR count). The number of aliphatic hydroxyl groups is 2. The van der Waals surface area contributed by atoms with E-state index in [-0.39, 0.29) is 29.9 Å². The number of aliphatic hydroxyl groups excluding tert-OH is 1. The number of allylic oxidation sites excluding steroid dienone is 3. The number of methoxy groups -OCH3 is 1. The van der Waals surface area contributed by atoms with Crippen molar-refractivity contribution in [3.63, 3.8) is 0 Å². The Kier molecular flexibility index (Phi) is 7.52. The van der Waals surface area contributed by atoms with Crippen molar-refractivity contribution in [1.82, 2.24) is 25.5 Å². The van der Waals surface area contributed by atoms with Crippen LogP contribution in [0.3, 0.4) is 0 Å². The third-order valence-electron chi connectivity index (χ3n) is 9.03. The van der Waals surface area contributed by atoms with Gasteiger partial charge in [-0.1, -0.05) is 18.2 Å². The molecule has 5 heterocycles. The van der Waals surface area contributed by atoms with E-state index in [4.69, 9.17) is 24.7 Å². The highest BCUT2D eigenvalue weighted by atomic mass is 16.6. The highest BCUT2D eigenvalue weighted by Gasteiger charge is 2.50. The number of anilines is 1. The summed E-state index contributed by atoms with van der Waals surface area (Å²) < 4.78 is 25.7. The van der Waals surface area contributed by atoms with Crippen LogP contribution in [-0.4, -0.2) is 82.2 Å². The minimum atomic E-state index is -1.16. The third kappa shape index (κ3) is 4.73. The fourth-order valence-electron chi connectivity index (χ4n) is 6.95. The van der Waals surface area contributed by atoms with Crippen LogP contribution in [-0.2, 0) is 27.5 Å². The maximum atomic E-state index is 13.0. The number of carbonyl (C=O) groups is 2. The summed E-state index contributed by atoms with van der Waals surface area (Å²) in [5.41, 5.74) is 6.97. The van der Waals surface area contributed by atoms with Crippen LogP contribution in [0.1, 0.15) is 42.9 Å². The van der Waals surface area contributed by atoms with Crippen molar-refractivity contribution < 1.29 is 38.7 Å². The molecular formula is C31H37N7O8. The van der Waals surface area contributed by atoms with Crippen LogP contribution in [0, 0.1) is 0 Å². The first-order valence-corrected chi connectivity index (χ1v) is 15.2. The molecule has 46 heavy (non-hydrogen) atoms. The lowest BCUT2D eigenvalue weighted by Gasteiger charge is -2.35. The molecule has 2 fully saturated rings. The number of hydrogen-bond acceptors (Lipinski definition) is 13. The monoisotopic (exact) mass is 635 g/mol. The molecule has 15 nitrogen and oxygen atoms in total. The number of esters is 1. The first-order chi connectivity index (χ1) is 22.2. The van der Waals surface area contributed by atoms with E-state index in [9.17, 15) is 19.8 Å². The number of nitrogens with one attached hydrogen (secondary N) is 3. The number of hydrogen-bond donors (Lipinski definition) is 6. The van der Waals surface area contributed by atoms with Gasteiger partial charge in [-0.25, -0.2) is 9.78 Å². The van der Waals surface area contributed by atoms with Gasteiger partial charge in [0.15, 0.2) is 0 Å². The van der Waals surface area contributed by atoms with Crippen LogP contribution in [0.5, 0.6) is 17.2 Å². The molecule has 0 radical (unpaired) electrons. The lowest BCUT2D eigenvalue weighted by atomic mass is 9.78.